The van der Waals surface area contributed by atoms with Crippen LogP contribution in [0.15, 0.2) is 29.1 Å². The Hall–Kier alpha value is -1.68. The molecule has 0 aliphatic heterocycles. The lowest BCUT2D eigenvalue weighted by Crippen LogP contribution is -2.24. The van der Waals surface area contributed by atoms with Gasteiger partial charge in [0.1, 0.15) is 5.69 Å². The van der Waals surface area contributed by atoms with Gasteiger partial charge in [-0.2, -0.15) is 0 Å². The molecule has 114 valence electrons. The monoisotopic (exact) mass is 307 g/mol. The number of benzene rings is 1. The highest BCUT2D eigenvalue weighted by Gasteiger charge is 2.17. The molecule has 0 aliphatic carbocycles. The van der Waals surface area contributed by atoms with Crippen LogP contribution in [0.1, 0.15) is 32.0 Å². The predicted molar refractivity (Wildman–Crippen MR) is 87.9 cm³/mol. The molecule has 0 radical (unpaired) electrons. The number of nitrogen functional groups attached to an aromatic ring is 1. The predicted octanol–water partition coefficient (Wildman–Crippen LogP) is 3.15. The van der Waals surface area contributed by atoms with E-state index in [0.717, 1.165) is 24.2 Å². The number of halogens is 1. The second-order valence-corrected chi connectivity index (χ2v) is 6.10. The lowest BCUT2D eigenvalue weighted by molar-refractivity contribution is 0.460. The zero-order chi connectivity index (χ0) is 15.6. The summed E-state index contributed by atoms with van der Waals surface area (Å²) in [6.45, 7) is 7.51. The number of anilines is 1. The van der Waals surface area contributed by atoms with Crippen molar-refractivity contribution in [1.29, 1.82) is 0 Å². The SMILES string of the molecule is CCn1c(CC(C)C)c(N)c(=O)n1Cc1ccc(Cl)cc1. The van der Waals surface area contributed by atoms with Crippen LogP contribution < -0.4 is 11.3 Å². The Kier molecular flexibility index (Phi) is 4.78. The van der Waals surface area contributed by atoms with Crippen LogP contribution in [0.2, 0.25) is 5.02 Å². The van der Waals surface area contributed by atoms with Gasteiger partial charge in [0.25, 0.3) is 5.56 Å². The van der Waals surface area contributed by atoms with Gasteiger partial charge in [0.05, 0.1) is 12.2 Å². The summed E-state index contributed by atoms with van der Waals surface area (Å²) in [5.41, 5.74) is 8.27. The highest BCUT2D eigenvalue weighted by atomic mass is 35.5. The molecule has 0 spiro atoms. The standard InChI is InChI=1S/C16H22ClN3O/c1-4-19-14(9-11(2)3)15(18)16(21)20(19)10-12-5-7-13(17)8-6-12/h5-8,11H,4,9-10,18H2,1-3H3. The van der Waals surface area contributed by atoms with Gasteiger partial charge in [-0.15, -0.1) is 0 Å². The number of nitrogens with zero attached hydrogens (tertiary/aromatic N) is 2. The summed E-state index contributed by atoms with van der Waals surface area (Å²) in [5, 5.41) is 0.692. The second-order valence-electron chi connectivity index (χ2n) is 5.66. The Labute approximate surface area is 130 Å². The molecular weight excluding hydrogens is 286 g/mol. The van der Waals surface area contributed by atoms with Gasteiger partial charge < -0.3 is 5.73 Å². The van der Waals surface area contributed by atoms with Gasteiger partial charge in [-0.3, -0.25) is 9.48 Å². The van der Waals surface area contributed by atoms with Crippen LogP contribution in [0.25, 0.3) is 0 Å². The van der Waals surface area contributed by atoms with Crippen molar-refractivity contribution in [3.05, 3.63) is 50.9 Å². The van der Waals surface area contributed by atoms with Crippen molar-refractivity contribution < 1.29 is 0 Å². The van der Waals surface area contributed by atoms with Crippen LogP contribution in [0, 0.1) is 5.92 Å². The number of nitrogens with two attached hydrogens (primary N) is 1. The van der Waals surface area contributed by atoms with Crippen LogP contribution in [0.5, 0.6) is 0 Å². The van der Waals surface area contributed by atoms with Crippen molar-refractivity contribution >= 4 is 17.3 Å². The van der Waals surface area contributed by atoms with Gasteiger partial charge >= 0.3 is 0 Å². The normalized spacial score (nSPS) is 11.3. The molecule has 0 saturated carbocycles. The minimum absolute atomic E-state index is 0.109. The van der Waals surface area contributed by atoms with E-state index in [1.165, 1.54) is 0 Å². The summed E-state index contributed by atoms with van der Waals surface area (Å²) in [6, 6.07) is 7.53. The zero-order valence-electron chi connectivity index (χ0n) is 12.8. The van der Waals surface area contributed by atoms with E-state index < -0.39 is 0 Å². The Balaban J connectivity index is 2.43. The van der Waals surface area contributed by atoms with E-state index in [-0.39, 0.29) is 5.56 Å². The van der Waals surface area contributed by atoms with Gasteiger partial charge in [-0.05, 0) is 37.0 Å². The van der Waals surface area contributed by atoms with Crippen molar-refractivity contribution in [2.75, 3.05) is 5.73 Å². The van der Waals surface area contributed by atoms with Gasteiger partial charge in [0, 0.05) is 11.6 Å². The molecule has 21 heavy (non-hydrogen) atoms. The first kappa shape index (κ1) is 15.7. The molecule has 5 heteroatoms. The smallest absolute Gasteiger partial charge is 0.290 e. The third kappa shape index (κ3) is 3.32. The summed E-state index contributed by atoms with van der Waals surface area (Å²) in [4.78, 5) is 12.4. The van der Waals surface area contributed by atoms with Crippen molar-refractivity contribution in [3.63, 3.8) is 0 Å². The third-order valence-electron chi connectivity index (χ3n) is 3.53. The molecule has 0 bridgehead atoms. The van der Waals surface area contributed by atoms with Gasteiger partial charge in [-0.25, -0.2) is 4.68 Å². The fourth-order valence-corrected chi connectivity index (χ4v) is 2.67. The van der Waals surface area contributed by atoms with Crippen LogP contribution in [-0.4, -0.2) is 9.36 Å². The Morgan fingerprint density at radius 3 is 2.33 bits per heavy atom. The minimum atomic E-state index is -0.109. The Bertz CT molecular complexity index is 668. The molecule has 4 nitrogen and oxygen atoms in total. The molecular formula is C16H22ClN3O. The first-order valence-corrected chi connectivity index (χ1v) is 7.64. The number of aromatic nitrogens is 2. The maximum absolute atomic E-state index is 12.4. The maximum Gasteiger partial charge on any atom is 0.290 e. The summed E-state index contributed by atoms with van der Waals surface area (Å²) in [7, 11) is 0. The lowest BCUT2D eigenvalue weighted by atomic mass is 10.1. The van der Waals surface area contributed by atoms with E-state index in [0.29, 0.717) is 23.2 Å². The van der Waals surface area contributed by atoms with Crippen molar-refractivity contribution in [2.45, 2.75) is 40.3 Å². The molecule has 0 saturated heterocycles. The van der Waals surface area contributed by atoms with E-state index in [2.05, 4.69) is 13.8 Å². The number of hydrogen-bond acceptors (Lipinski definition) is 2. The van der Waals surface area contributed by atoms with Gasteiger partial charge in [0.2, 0.25) is 0 Å². The van der Waals surface area contributed by atoms with E-state index >= 15 is 0 Å². The van der Waals surface area contributed by atoms with Crippen LogP contribution in [0.3, 0.4) is 0 Å². The summed E-state index contributed by atoms with van der Waals surface area (Å²) >= 11 is 5.90. The minimum Gasteiger partial charge on any atom is -0.393 e. The lowest BCUT2D eigenvalue weighted by Gasteiger charge is -2.14. The highest BCUT2D eigenvalue weighted by molar-refractivity contribution is 6.30. The summed E-state index contributed by atoms with van der Waals surface area (Å²) in [5.74, 6) is 0.455. The average Bonchev–Trinajstić information content (AvgIpc) is 2.65. The molecule has 0 fully saturated rings. The molecule has 0 atom stereocenters. The largest absolute Gasteiger partial charge is 0.393 e. The number of hydrogen-bond donors (Lipinski definition) is 1. The van der Waals surface area contributed by atoms with E-state index in [1.807, 2.05) is 35.9 Å². The molecule has 0 unspecified atom stereocenters. The summed E-state index contributed by atoms with van der Waals surface area (Å²) in [6.07, 6.45) is 0.808. The fraction of sp³-hybridized carbons (Fsp3) is 0.438. The van der Waals surface area contributed by atoms with Crippen molar-refractivity contribution in [1.82, 2.24) is 9.36 Å². The highest BCUT2D eigenvalue weighted by Crippen LogP contribution is 2.16. The van der Waals surface area contributed by atoms with Crippen LogP contribution in [-0.2, 0) is 19.5 Å². The Morgan fingerprint density at radius 2 is 1.81 bits per heavy atom. The quantitative estimate of drug-likeness (QED) is 0.922. The molecule has 1 aromatic carbocycles. The Morgan fingerprint density at radius 1 is 1.19 bits per heavy atom. The topological polar surface area (TPSA) is 52.9 Å². The first-order valence-electron chi connectivity index (χ1n) is 7.26. The molecule has 2 aromatic rings. The van der Waals surface area contributed by atoms with Crippen LogP contribution in [0.4, 0.5) is 5.69 Å². The zero-order valence-corrected chi connectivity index (χ0v) is 13.5. The average molecular weight is 308 g/mol. The molecule has 2 rings (SSSR count). The van der Waals surface area contributed by atoms with E-state index in [1.54, 1.807) is 4.68 Å². The number of rotatable bonds is 5. The molecule has 1 heterocycles. The van der Waals surface area contributed by atoms with Gasteiger partial charge in [-0.1, -0.05) is 37.6 Å². The summed E-state index contributed by atoms with van der Waals surface area (Å²) < 4.78 is 3.71. The van der Waals surface area contributed by atoms with Crippen molar-refractivity contribution in [2.24, 2.45) is 5.92 Å². The van der Waals surface area contributed by atoms with E-state index in [9.17, 15) is 4.79 Å². The molecule has 0 aliphatic rings. The second kappa shape index (κ2) is 6.39. The first-order chi connectivity index (χ1) is 9.93. The molecule has 1 aromatic heterocycles. The maximum atomic E-state index is 12.4. The fourth-order valence-electron chi connectivity index (χ4n) is 2.54. The molecule has 2 N–H and O–H groups in total. The van der Waals surface area contributed by atoms with E-state index in [4.69, 9.17) is 17.3 Å². The van der Waals surface area contributed by atoms with Crippen molar-refractivity contribution in [3.8, 4) is 0 Å². The third-order valence-corrected chi connectivity index (χ3v) is 3.78. The van der Waals surface area contributed by atoms with Gasteiger partial charge in [0.15, 0.2) is 0 Å². The van der Waals surface area contributed by atoms with Crippen LogP contribution >= 0.6 is 11.6 Å². The molecule has 0 amide bonds.